The van der Waals surface area contributed by atoms with Crippen LogP contribution in [0.15, 0.2) is 59.2 Å². The van der Waals surface area contributed by atoms with Crippen LogP contribution in [0, 0.1) is 17.2 Å². The van der Waals surface area contributed by atoms with E-state index in [-0.39, 0.29) is 17.6 Å². The van der Waals surface area contributed by atoms with Gasteiger partial charge in [0.15, 0.2) is 0 Å². The van der Waals surface area contributed by atoms with E-state index in [1.54, 1.807) is 30.1 Å². The van der Waals surface area contributed by atoms with E-state index in [0.29, 0.717) is 36.9 Å². The normalized spacial score (nSPS) is 21.9. The van der Waals surface area contributed by atoms with Crippen LogP contribution in [-0.2, 0) is 11.8 Å². The molecule has 1 saturated heterocycles. The minimum atomic E-state index is -0.105. The van der Waals surface area contributed by atoms with E-state index in [2.05, 4.69) is 16.0 Å². The second-order valence-electron chi connectivity index (χ2n) is 6.97. The van der Waals surface area contributed by atoms with Gasteiger partial charge in [0.05, 0.1) is 24.5 Å². The van der Waals surface area contributed by atoms with E-state index in [1.165, 1.54) is 0 Å². The quantitative estimate of drug-likeness (QED) is 0.817. The summed E-state index contributed by atoms with van der Waals surface area (Å²) in [6, 6.07) is 7.43. The molecule has 2 aliphatic rings. The van der Waals surface area contributed by atoms with Crippen molar-refractivity contribution in [2.24, 2.45) is 13.0 Å². The zero-order chi connectivity index (χ0) is 19.5. The number of hydrogen-bond donors (Lipinski definition) is 0. The zero-order valence-corrected chi connectivity index (χ0v) is 15.7. The summed E-state index contributed by atoms with van der Waals surface area (Å²) >= 11 is 0. The van der Waals surface area contributed by atoms with Gasteiger partial charge in [-0.3, -0.25) is 14.3 Å². The van der Waals surface area contributed by atoms with E-state index in [4.69, 9.17) is 15.0 Å². The van der Waals surface area contributed by atoms with Crippen LogP contribution in [-0.4, -0.2) is 40.3 Å². The van der Waals surface area contributed by atoms with Crippen LogP contribution in [0.4, 0.5) is 5.95 Å². The highest BCUT2D eigenvalue weighted by molar-refractivity contribution is 5.59. The van der Waals surface area contributed by atoms with Crippen molar-refractivity contribution in [1.29, 1.82) is 5.26 Å². The minimum Gasteiger partial charge on any atom is -0.374 e. The summed E-state index contributed by atoms with van der Waals surface area (Å²) in [7, 11) is 1.74. The van der Waals surface area contributed by atoms with Crippen molar-refractivity contribution < 1.29 is 4.74 Å². The summed E-state index contributed by atoms with van der Waals surface area (Å²) < 4.78 is 7.57. The molecule has 2 atom stereocenters. The van der Waals surface area contributed by atoms with Crippen LogP contribution >= 0.6 is 0 Å². The second kappa shape index (κ2) is 7.79. The first kappa shape index (κ1) is 18.1. The van der Waals surface area contributed by atoms with Crippen molar-refractivity contribution in [3.8, 4) is 17.3 Å². The first-order valence-electron chi connectivity index (χ1n) is 9.29. The summed E-state index contributed by atoms with van der Waals surface area (Å²) in [5, 5.41) is 9.17. The van der Waals surface area contributed by atoms with Gasteiger partial charge >= 0.3 is 0 Å². The van der Waals surface area contributed by atoms with Crippen molar-refractivity contribution in [2.45, 2.75) is 12.5 Å². The molecule has 2 aromatic heterocycles. The fourth-order valence-electron chi connectivity index (χ4n) is 3.64. The van der Waals surface area contributed by atoms with Gasteiger partial charge in [-0.05, 0) is 24.6 Å². The van der Waals surface area contributed by atoms with Gasteiger partial charge < -0.3 is 9.64 Å². The Labute approximate surface area is 163 Å². The molecule has 7 heteroatoms. The molecule has 2 aromatic rings. The predicted octanol–water partition coefficient (Wildman–Crippen LogP) is 2.07. The third-order valence-electron chi connectivity index (χ3n) is 5.17. The van der Waals surface area contributed by atoms with Gasteiger partial charge in [-0.15, -0.1) is 0 Å². The topological polar surface area (TPSA) is 84.0 Å². The number of hydrogen-bond acceptors (Lipinski definition) is 6. The van der Waals surface area contributed by atoms with Crippen LogP contribution < -0.4 is 10.5 Å². The van der Waals surface area contributed by atoms with E-state index in [1.807, 2.05) is 30.4 Å². The summed E-state index contributed by atoms with van der Waals surface area (Å²) in [4.78, 5) is 23.4. The molecular formula is C21H21N5O2. The van der Waals surface area contributed by atoms with Crippen molar-refractivity contribution in [3.63, 3.8) is 0 Å². The Morgan fingerprint density at radius 1 is 1.32 bits per heavy atom. The van der Waals surface area contributed by atoms with Gasteiger partial charge in [0.25, 0.3) is 5.56 Å². The molecule has 1 fully saturated rings. The van der Waals surface area contributed by atoms with Crippen molar-refractivity contribution >= 4 is 5.95 Å². The molecule has 1 aliphatic heterocycles. The fourth-order valence-corrected chi connectivity index (χ4v) is 3.64. The van der Waals surface area contributed by atoms with E-state index < -0.39 is 0 Å². The standard InChI is InChI=1S/C21H21N5O2/c1-25-20(27)12-18(16-5-7-23-8-6-16)24-21(25)26-9-10-28-19(14-26)17-4-2-3-15(11-17)13-22/h2-3,5-8,11-12,17,19H,4,9-10,14H2,1H3/t17?,19-/m0/s1. The number of allylic oxidation sites excluding steroid dienone is 3. The monoisotopic (exact) mass is 375 g/mol. The molecule has 0 spiro atoms. The Balaban J connectivity index is 1.63. The Morgan fingerprint density at radius 3 is 2.93 bits per heavy atom. The molecule has 7 nitrogen and oxygen atoms in total. The van der Waals surface area contributed by atoms with Gasteiger partial charge in [-0.1, -0.05) is 12.2 Å². The van der Waals surface area contributed by atoms with Gasteiger partial charge in [-0.25, -0.2) is 4.98 Å². The highest BCUT2D eigenvalue weighted by Gasteiger charge is 2.29. The predicted molar refractivity (Wildman–Crippen MR) is 106 cm³/mol. The molecule has 0 bridgehead atoms. The van der Waals surface area contributed by atoms with Gasteiger partial charge in [-0.2, -0.15) is 5.26 Å². The highest BCUT2D eigenvalue weighted by Crippen LogP contribution is 2.26. The van der Waals surface area contributed by atoms with Crippen LogP contribution in [0.5, 0.6) is 0 Å². The third kappa shape index (κ3) is 3.59. The maximum atomic E-state index is 12.5. The third-order valence-corrected chi connectivity index (χ3v) is 5.17. The molecule has 0 N–H and O–H groups in total. The number of aromatic nitrogens is 3. The summed E-state index contributed by atoms with van der Waals surface area (Å²) in [6.07, 6.45) is 10.0. The number of ether oxygens (including phenoxy) is 1. The molecule has 4 rings (SSSR count). The van der Waals surface area contributed by atoms with Crippen LogP contribution in [0.1, 0.15) is 6.42 Å². The smallest absolute Gasteiger partial charge is 0.255 e. The van der Waals surface area contributed by atoms with E-state index >= 15 is 0 Å². The van der Waals surface area contributed by atoms with Gasteiger partial charge in [0, 0.05) is 55.7 Å². The maximum absolute atomic E-state index is 12.5. The van der Waals surface area contributed by atoms with Crippen molar-refractivity contribution in [1.82, 2.24) is 14.5 Å². The lowest BCUT2D eigenvalue weighted by atomic mass is 9.91. The lowest BCUT2D eigenvalue weighted by Crippen LogP contribution is -2.47. The van der Waals surface area contributed by atoms with Crippen LogP contribution in [0.2, 0.25) is 0 Å². The number of pyridine rings is 1. The molecule has 1 unspecified atom stereocenters. The summed E-state index contributed by atoms with van der Waals surface area (Å²) in [6.45, 7) is 1.83. The Bertz CT molecular complexity index is 1020. The van der Waals surface area contributed by atoms with E-state index in [0.717, 1.165) is 12.0 Å². The summed E-state index contributed by atoms with van der Waals surface area (Å²) in [5.74, 6) is 0.770. The zero-order valence-electron chi connectivity index (χ0n) is 15.7. The minimum absolute atomic E-state index is 0.0523. The number of morpholine rings is 1. The Hall–Kier alpha value is -3.24. The maximum Gasteiger partial charge on any atom is 0.255 e. The summed E-state index contributed by atoms with van der Waals surface area (Å²) in [5.41, 5.74) is 2.06. The van der Waals surface area contributed by atoms with E-state index in [9.17, 15) is 4.79 Å². The number of nitrogens with zero attached hydrogens (tertiary/aromatic N) is 5. The number of rotatable bonds is 3. The number of anilines is 1. The second-order valence-corrected chi connectivity index (χ2v) is 6.97. The SMILES string of the molecule is Cn1c(N2CCO[C@H](C3C=C(C#N)C=CC3)C2)nc(-c2ccncc2)cc1=O. The van der Waals surface area contributed by atoms with Crippen molar-refractivity contribution in [2.75, 3.05) is 24.6 Å². The number of nitriles is 1. The lowest BCUT2D eigenvalue weighted by molar-refractivity contribution is 0.0138. The Kier molecular flexibility index (Phi) is 5.04. The first-order chi connectivity index (χ1) is 13.7. The molecule has 0 radical (unpaired) electrons. The largest absolute Gasteiger partial charge is 0.374 e. The first-order valence-corrected chi connectivity index (χ1v) is 9.29. The average molecular weight is 375 g/mol. The molecule has 0 amide bonds. The highest BCUT2D eigenvalue weighted by atomic mass is 16.5. The lowest BCUT2D eigenvalue weighted by Gasteiger charge is -2.37. The Morgan fingerprint density at radius 2 is 2.14 bits per heavy atom. The molecule has 3 heterocycles. The molecule has 0 saturated carbocycles. The molecule has 142 valence electrons. The molecule has 28 heavy (non-hydrogen) atoms. The molecular weight excluding hydrogens is 354 g/mol. The van der Waals surface area contributed by atoms with Crippen LogP contribution in [0.25, 0.3) is 11.3 Å². The van der Waals surface area contributed by atoms with Gasteiger partial charge in [0.1, 0.15) is 0 Å². The fraction of sp³-hybridized carbons (Fsp3) is 0.333. The molecule has 1 aliphatic carbocycles. The van der Waals surface area contributed by atoms with Gasteiger partial charge in [0.2, 0.25) is 5.95 Å². The molecule has 0 aromatic carbocycles. The van der Waals surface area contributed by atoms with Crippen LogP contribution in [0.3, 0.4) is 0 Å². The average Bonchev–Trinajstić information content (AvgIpc) is 2.76. The van der Waals surface area contributed by atoms with Crippen molar-refractivity contribution in [3.05, 3.63) is 64.7 Å².